The van der Waals surface area contributed by atoms with Crippen LogP contribution >= 0.6 is 0 Å². The number of carbonyl (C=O) groups excluding carboxylic acids is 4. The van der Waals surface area contributed by atoms with Crippen molar-refractivity contribution in [3.8, 4) is 0 Å². The lowest BCUT2D eigenvalue weighted by atomic mass is 9.44. The van der Waals surface area contributed by atoms with Crippen LogP contribution in [0.25, 0.3) is 0 Å². The summed E-state index contributed by atoms with van der Waals surface area (Å²) in [6.07, 6.45) is 5.08. The molecule has 0 aliphatic heterocycles. The van der Waals surface area contributed by atoms with Crippen LogP contribution < -0.4 is 5.11 Å². The molecule has 0 aromatic rings. The van der Waals surface area contributed by atoms with Crippen LogP contribution in [0.2, 0.25) is 0 Å². The molecule has 4 aliphatic carbocycles. The Hall–Kier alpha value is -1.52. The molecule has 4 rings (SSSR count). The van der Waals surface area contributed by atoms with Crippen LogP contribution in [0.4, 0.5) is 0 Å². The molecule has 0 unspecified atom stereocenters. The highest BCUT2D eigenvalue weighted by Gasteiger charge is 2.66. The lowest BCUT2D eigenvalue weighted by Gasteiger charge is -2.58. The minimum Gasteiger partial charge on any atom is -0.550 e. The molecule has 29 heavy (non-hydrogen) atoms. The molecule has 5 nitrogen and oxygen atoms in total. The number of carbonyl (C=O) groups is 4. The van der Waals surface area contributed by atoms with E-state index in [4.69, 9.17) is 0 Å². The standard InChI is InChI=1S/C24H34O5/c1-13(4-7-21(28)29)16-5-6-17-22-18(12-20(27)24(16,17)3)23(2)9-8-15(25)10-14(23)11-19(22)26/h13-14,16-18,22H,4-12H2,1-3H3,(H,28,29)/p-1/t13-,14-,16-,17+,18+,22-,23+,24+/m1/s1. The third-order valence-corrected chi connectivity index (χ3v) is 9.71. The summed E-state index contributed by atoms with van der Waals surface area (Å²) in [5.41, 5.74) is -0.627. The molecule has 0 radical (unpaired) electrons. The van der Waals surface area contributed by atoms with Gasteiger partial charge in [-0.2, -0.15) is 0 Å². The van der Waals surface area contributed by atoms with Crippen molar-refractivity contribution in [1.29, 1.82) is 0 Å². The van der Waals surface area contributed by atoms with E-state index in [1.54, 1.807) is 0 Å². The van der Waals surface area contributed by atoms with Crippen molar-refractivity contribution in [1.82, 2.24) is 0 Å². The minimum atomic E-state index is -1.04. The molecule has 4 saturated carbocycles. The summed E-state index contributed by atoms with van der Waals surface area (Å²) in [7, 11) is 0. The fourth-order valence-electron chi connectivity index (χ4n) is 7.94. The quantitative estimate of drug-likeness (QED) is 0.722. The topological polar surface area (TPSA) is 91.3 Å². The maximum absolute atomic E-state index is 13.6. The number of rotatable bonds is 4. The summed E-state index contributed by atoms with van der Waals surface area (Å²) in [5, 5.41) is 10.9. The van der Waals surface area contributed by atoms with Crippen molar-refractivity contribution < 1.29 is 24.3 Å². The van der Waals surface area contributed by atoms with Gasteiger partial charge in [0.1, 0.15) is 17.3 Å². The zero-order chi connectivity index (χ0) is 21.1. The largest absolute Gasteiger partial charge is 0.550 e. The van der Waals surface area contributed by atoms with Crippen molar-refractivity contribution in [3.63, 3.8) is 0 Å². The lowest BCUT2D eigenvalue weighted by molar-refractivity contribution is -0.306. The highest BCUT2D eigenvalue weighted by Crippen LogP contribution is 2.66. The van der Waals surface area contributed by atoms with E-state index >= 15 is 0 Å². The van der Waals surface area contributed by atoms with Gasteiger partial charge in [0.25, 0.3) is 0 Å². The number of hydrogen-bond donors (Lipinski definition) is 0. The van der Waals surface area contributed by atoms with Crippen LogP contribution in [0.1, 0.15) is 78.6 Å². The normalized spacial score (nSPS) is 45.3. The van der Waals surface area contributed by atoms with E-state index in [1.165, 1.54) is 0 Å². The van der Waals surface area contributed by atoms with Gasteiger partial charge in [-0.25, -0.2) is 0 Å². The van der Waals surface area contributed by atoms with Crippen LogP contribution in [-0.2, 0) is 19.2 Å². The van der Waals surface area contributed by atoms with Crippen LogP contribution in [0.15, 0.2) is 0 Å². The lowest BCUT2D eigenvalue weighted by Crippen LogP contribution is -2.60. The molecular formula is C24H33O5-. The van der Waals surface area contributed by atoms with E-state index in [0.717, 1.165) is 19.3 Å². The summed E-state index contributed by atoms with van der Waals surface area (Å²) in [4.78, 5) is 49.8. The summed E-state index contributed by atoms with van der Waals surface area (Å²) in [6, 6.07) is 0. The van der Waals surface area contributed by atoms with Gasteiger partial charge >= 0.3 is 0 Å². The molecule has 0 heterocycles. The van der Waals surface area contributed by atoms with E-state index in [1.807, 2.05) is 6.92 Å². The van der Waals surface area contributed by atoms with Gasteiger partial charge in [-0.3, -0.25) is 14.4 Å². The Morgan fingerprint density at radius 3 is 2.52 bits per heavy atom. The van der Waals surface area contributed by atoms with Gasteiger partial charge in [0, 0.05) is 43.0 Å². The minimum absolute atomic E-state index is 0.0192. The maximum atomic E-state index is 13.6. The molecule has 0 aromatic carbocycles. The molecule has 0 spiro atoms. The molecule has 0 N–H and O–H groups in total. The van der Waals surface area contributed by atoms with Gasteiger partial charge < -0.3 is 9.90 Å². The molecule has 4 fully saturated rings. The fourth-order valence-corrected chi connectivity index (χ4v) is 7.94. The molecule has 0 amide bonds. The van der Waals surface area contributed by atoms with Gasteiger partial charge in [0.05, 0.1) is 0 Å². The molecule has 0 aromatic heterocycles. The number of fused-ring (bicyclic) bond motifs is 5. The molecule has 0 bridgehead atoms. The first-order valence-corrected chi connectivity index (χ1v) is 11.4. The van der Waals surface area contributed by atoms with Crippen molar-refractivity contribution >= 4 is 23.3 Å². The van der Waals surface area contributed by atoms with Crippen molar-refractivity contribution in [2.24, 2.45) is 46.3 Å². The first-order valence-electron chi connectivity index (χ1n) is 11.4. The fraction of sp³-hybridized carbons (Fsp3) is 0.833. The molecule has 5 heteroatoms. The number of hydrogen-bond acceptors (Lipinski definition) is 5. The number of ketones is 3. The molecule has 0 saturated heterocycles. The Balaban J connectivity index is 1.63. The SMILES string of the molecule is C[C@H](CCC(=O)[O-])[C@H]1CC[C@H]2[C@H]3C(=O)C[C@H]4CC(=O)CC[C@]4(C)[C@H]3CC(=O)[C@@]12C. The number of carboxylic acid groups (broad SMARTS) is 1. The van der Waals surface area contributed by atoms with Crippen molar-refractivity contribution in [2.45, 2.75) is 78.6 Å². The Morgan fingerprint density at radius 1 is 1.10 bits per heavy atom. The monoisotopic (exact) mass is 401 g/mol. The highest BCUT2D eigenvalue weighted by molar-refractivity contribution is 5.93. The van der Waals surface area contributed by atoms with Crippen LogP contribution in [0, 0.1) is 46.3 Å². The third kappa shape index (κ3) is 3.02. The van der Waals surface area contributed by atoms with E-state index in [0.29, 0.717) is 32.1 Å². The van der Waals surface area contributed by atoms with E-state index in [-0.39, 0.29) is 64.7 Å². The molecule has 4 aliphatic rings. The summed E-state index contributed by atoms with van der Waals surface area (Å²) >= 11 is 0. The van der Waals surface area contributed by atoms with Gasteiger partial charge in [-0.1, -0.05) is 20.8 Å². The number of carboxylic acids is 1. The summed E-state index contributed by atoms with van der Waals surface area (Å²) < 4.78 is 0. The van der Waals surface area contributed by atoms with Crippen LogP contribution in [-0.4, -0.2) is 23.3 Å². The maximum Gasteiger partial charge on any atom is 0.139 e. The van der Waals surface area contributed by atoms with Crippen molar-refractivity contribution in [2.75, 3.05) is 0 Å². The average Bonchev–Trinajstić information content (AvgIpc) is 3.01. The van der Waals surface area contributed by atoms with E-state index in [2.05, 4.69) is 13.8 Å². The number of Topliss-reactive ketones (excluding diaryl/α,β-unsaturated/α-hetero) is 3. The predicted molar refractivity (Wildman–Crippen MR) is 104 cm³/mol. The second-order valence-corrected chi connectivity index (χ2v) is 10.8. The molecule has 8 atom stereocenters. The van der Waals surface area contributed by atoms with Crippen molar-refractivity contribution in [3.05, 3.63) is 0 Å². The third-order valence-electron chi connectivity index (χ3n) is 9.71. The molecular weight excluding hydrogens is 368 g/mol. The Kier molecular flexibility index (Phi) is 5.02. The first kappa shape index (κ1) is 20.7. The number of aliphatic carboxylic acids is 1. The molecule has 160 valence electrons. The van der Waals surface area contributed by atoms with Gasteiger partial charge in [0.15, 0.2) is 0 Å². The van der Waals surface area contributed by atoms with Gasteiger partial charge in [-0.15, -0.1) is 0 Å². The summed E-state index contributed by atoms with van der Waals surface area (Å²) in [5.74, 6) is 0.130. The Labute approximate surface area is 173 Å². The zero-order valence-corrected chi connectivity index (χ0v) is 17.9. The first-order chi connectivity index (χ1) is 13.6. The second-order valence-electron chi connectivity index (χ2n) is 10.8. The Bertz CT molecular complexity index is 756. The van der Waals surface area contributed by atoms with E-state index in [9.17, 15) is 24.3 Å². The Morgan fingerprint density at radius 2 is 1.83 bits per heavy atom. The van der Waals surface area contributed by atoms with Crippen LogP contribution in [0.3, 0.4) is 0 Å². The van der Waals surface area contributed by atoms with Crippen LogP contribution in [0.5, 0.6) is 0 Å². The highest BCUT2D eigenvalue weighted by atomic mass is 16.4. The van der Waals surface area contributed by atoms with Gasteiger partial charge in [-0.05, 0) is 67.1 Å². The predicted octanol–water partition coefficient (Wildman–Crippen LogP) is 2.74. The van der Waals surface area contributed by atoms with Gasteiger partial charge in [0.2, 0.25) is 0 Å². The zero-order valence-electron chi connectivity index (χ0n) is 17.9. The summed E-state index contributed by atoms with van der Waals surface area (Å²) in [6.45, 7) is 6.32. The van der Waals surface area contributed by atoms with E-state index < -0.39 is 11.4 Å². The smallest absolute Gasteiger partial charge is 0.139 e. The second kappa shape index (κ2) is 7.02. The average molecular weight is 402 g/mol.